The van der Waals surface area contributed by atoms with Gasteiger partial charge in [-0.15, -0.1) is 0 Å². The van der Waals surface area contributed by atoms with Crippen LogP contribution in [0.1, 0.15) is 19.8 Å². The molecule has 0 atom stereocenters. The van der Waals surface area contributed by atoms with Gasteiger partial charge in [-0.25, -0.2) is 8.42 Å². The number of hydrogen-bond acceptors (Lipinski definition) is 4. The van der Waals surface area contributed by atoms with E-state index in [0.29, 0.717) is 23.7 Å². The highest BCUT2D eigenvalue weighted by Gasteiger charge is 2.47. The fourth-order valence-electron chi connectivity index (χ4n) is 3.40. The first-order valence-corrected chi connectivity index (χ1v) is 9.20. The number of sulfonamides is 1. The number of amides is 1. The van der Waals surface area contributed by atoms with Gasteiger partial charge in [-0.05, 0) is 37.1 Å². The number of rotatable bonds is 3. The fourth-order valence-corrected chi connectivity index (χ4v) is 4.84. The number of ether oxygens (including phenoxy) is 1. The number of benzene rings is 1. The molecule has 0 radical (unpaired) electrons. The number of likely N-dealkylation sites (tertiary alicyclic amines) is 1. The van der Waals surface area contributed by atoms with Crippen molar-refractivity contribution in [3.63, 3.8) is 0 Å². The summed E-state index contributed by atoms with van der Waals surface area (Å²) in [5, 5.41) is 0. The molecule has 3 rings (SSSR count). The van der Waals surface area contributed by atoms with Crippen molar-refractivity contribution in [3.8, 4) is 5.75 Å². The van der Waals surface area contributed by atoms with Crippen LogP contribution in [0.3, 0.4) is 0 Å². The van der Waals surface area contributed by atoms with E-state index in [1.165, 1.54) is 0 Å². The van der Waals surface area contributed by atoms with Crippen molar-refractivity contribution >= 4 is 15.9 Å². The van der Waals surface area contributed by atoms with E-state index in [0.717, 1.165) is 25.9 Å². The van der Waals surface area contributed by atoms with Crippen molar-refractivity contribution in [2.75, 3.05) is 33.3 Å². The second kappa shape index (κ2) is 5.79. The van der Waals surface area contributed by atoms with Crippen LogP contribution in [0.5, 0.6) is 5.75 Å². The van der Waals surface area contributed by atoms with Crippen LogP contribution in [0.4, 0.5) is 0 Å². The molecule has 0 bridgehead atoms. The molecule has 126 valence electrons. The quantitative estimate of drug-likeness (QED) is 0.834. The van der Waals surface area contributed by atoms with Crippen LogP contribution in [0.2, 0.25) is 0 Å². The summed E-state index contributed by atoms with van der Waals surface area (Å²) in [6.07, 6.45) is 1.62. The summed E-state index contributed by atoms with van der Waals surface area (Å²) in [5.74, 6) is 0.740. The molecule has 1 spiro atoms. The van der Waals surface area contributed by atoms with E-state index >= 15 is 0 Å². The number of carbonyl (C=O) groups is 1. The zero-order valence-electron chi connectivity index (χ0n) is 13.5. The number of methoxy groups -OCH3 is 1. The Kier molecular flexibility index (Phi) is 4.10. The van der Waals surface area contributed by atoms with Crippen LogP contribution >= 0.6 is 0 Å². The van der Waals surface area contributed by atoms with Gasteiger partial charge >= 0.3 is 0 Å². The van der Waals surface area contributed by atoms with E-state index in [2.05, 4.69) is 0 Å². The predicted molar refractivity (Wildman–Crippen MR) is 85.7 cm³/mol. The molecule has 0 unspecified atom stereocenters. The van der Waals surface area contributed by atoms with Crippen LogP contribution < -0.4 is 4.74 Å². The van der Waals surface area contributed by atoms with Crippen molar-refractivity contribution in [3.05, 3.63) is 24.3 Å². The maximum Gasteiger partial charge on any atom is 0.243 e. The van der Waals surface area contributed by atoms with Crippen molar-refractivity contribution in [2.45, 2.75) is 24.7 Å². The summed E-state index contributed by atoms with van der Waals surface area (Å²) in [4.78, 5) is 13.4. The first-order chi connectivity index (χ1) is 10.9. The summed E-state index contributed by atoms with van der Waals surface area (Å²) in [6.45, 7) is 4.13. The average Bonchev–Trinajstić information content (AvgIpc) is 2.52. The van der Waals surface area contributed by atoms with Crippen LogP contribution in [-0.4, -0.2) is 56.8 Å². The Hall–Kier alpha value is -1.60. The Balaban J connectivity index is 1.66. The summed E-state index contributed by atoms with van der Waals surface area (Å²) >= 11 is 0. The van der Waals surface area contributed by atoms with Gasteiger partial charge in [0.15, 0.2) is 0 Å². The standard InChI is InChI=1S/C16H22N2O4S/c1-13(19)17-11-16(12-17)7-9-18(10-8-16)23(20,21)15-5-3-14(22-2)4-6-15/h3-6H,7-12H2,1-2H3. The smallest absolute Gasteiger partial charge is 0.243 e. The Morgan fingerprint density at radius 1 is 1.13 bits per heavy atom. The number of hydrogen-bond donors (Lipinski definition) is 0. The molecule has 2 aliphatic heterocycles. The van der Waals surface area contributed by atoms with Gasteiger partial charge in [0.05, 0.1) is 12.0 Å². The molecule has 6 nitrogen and oxygen atoms in total. The van der Waals surface area contributed by atoms with Gasteiger partial charge < -0.3 is 9.64 Å². The molecule has 0 saturated carbocycles. The van der Waals surface area contributed by atoms with E-state index in [1.807, 2.05) is 4.90 Å². The molecule has 2 fully saturated rings. The monoisotopic (exact) mass is 338 g/mol. The van der Waals surface area contributed by atoms with Crippen LogP contribution in [-0.2, 0) is 14.8 Å². The lowest BCUT2D eigenvalue weighted by molar-refractivity contribution is -0.143. The zero-order valence-corrected chi connectivity index (χ0v) is 14.3. The Bertz CT molecular complexity index is 683. The van der Waals surface area contributed by atoms with Gasteiger partial charge in [0.25, 0.3) is 0 Å². The van der Waals surface area contributed by atoms with Gasteiger partial charge in [0.2, 0.25) is 15.9 Å². The second-order valence-corrected chi connectivity index (χ2v) is 8.39. The molecule has 0 N–H and O–H groups in total. The van der Waals surface area contributed by atoms with Crippen molar-refractivity contribution in [1.82, 2.24) is 9.21 Å². The second-order valence-electron chi connectivity index (χ2n) is 6.45. The Morgan fingerprint density at radius 2 is 1.70 bits per heavy atom. The van der Waals surface area contributed by atoms with E-state index in [4.69, 9.17) is 4.74 Å². The Morgan fingerprint density at radius 3 is 2.17 bits per heavy atom. The van der Waals surface area contributed by atoms with E-state index < -0.39 is 10.0 Å². The van der Waals surface area contributed by atoms with Gasteiger partial charge in [0.1, 0.15) is 5.75 Å². The molecule has 0 aromatic heterocycles. The van der Waals surface area contributed by atoms with Crippen molar-refractivity contribution < 1.29 is 17.9 Å². The minimum atomic E-state index is -3.45. The average molecular weight is 338 g/mol. The first-order valence-electron chi connectivity index (χ1n) is 7.76. The first kappa shape index (κ1) is 16.3. The van der Waals surface area contributed by atoms with Crippen LogP contribution in [0, 0.1) is 5.41 Å². The maximum atomic E-state index is 12.7. The highest BCUT2D eigenvalue weighted by atomic mass is 32.2. The zero-order chi connectivity index (χ0) is 16.7. The van der Waals surface area contributed by atoms with E-state index in [9.17, 15) is 13.2 Å². The minimum absolute atomic E-state index is 0.101. The van der Waals surface area contributed by atoms with Gasteiger partial charge in [-0.1, -0.05) is 0 Å². The molecule has 1 amide bonds. The molecule has 2 saturated heterocycles. The molecule has 23 heavy (non-hydrogen) atoms. The summed E-state index contributed by atoms with van der Waals surface area (Å²) < 4.78 is 32.0. The summed E-state index contributed by atoms with van der Waals surface area (Å²) in [6, 6.07) is 6.49. The molecule has 0 aliphatic carbocycles. The molecule has 2 heterocycles. The van der Waals surface area contributed by atoms with E-state index in [-0.39, 0.29) is 11.3 Å². The lowest BCUT2D eigenvalue weighted by Crippen LogP contribution is -2.61. The Labute approximate surface area is 137 Å². The molecule has 1 aromatic carbocycles. The fraction of sp³-hybridized carbons (Fsp3) is 0.562. The van der Waals surface area contributed by atoms with E-state index in [1.54, 1.807) is 42.6 Å². The van der Waals surface area contributed by atoms with Crippen molar-refractivity contribution in [1.29, 1.82) is 0 Å². The normalized spacial score (nSPS) is 21.0. The predicted octanol–water partition coefficient (Wildman–Crippen LogP) is 1.33. The maximum absolute atomic E-state index is 12.7. The molecular formula is C16H22N2O4S. The van der Waals surface area contributed by atoms with Gasteiger partial charge in [0, 0.05) is 38.5 Å². The third-order valence-corrected chi connectivity index (χ3v) is 6.89. The number of nitrogens with zero attached hydrogens (tertiary/aromatic N) is 2. The molecule has 1 aromatic rings. The topological polar surface area (TPSA) is 66.9 Å². The van der Waals surface area contributed by atoms with Crippen LogP contribution in [0.25, 0.3) is 0 Å². The number of piperidine rings is 1. The third-order valence-electron chi connectivity index (χ3n) is 4.98. The van der Waals surface area contributed by atoms with Crippen molar-refractivity contribution in [2.24, 2.45) is 5.41 Å². The highest BCUT2D eigenvalue weighted by Crippen LogP contribution is 2.41. The summed E-state index contributed by atoms with van der Waals surface area (Å²) in [5.41, 5.74) is 0.123. The SMILES string of the molecule is COc1ccc(S(=O)(=O)N2CCC3(CC2)CN(C(C)=O)C3)cc1. The lowest BCUT2D eigenvalue weighted by atomic mass is 9.72. The van der Waals surface area contributed by atoms with Gasteiger partial charge in [-0.3, -0.25) is 4.79 Å². The van der Waals surface area contributed by atoms with Gasteiger partial charge in [-0.2, -0.15) is 4.31 Å². The third kappa shape index (κ3) is 2.95. The molecular weight excluding hydrogens is 316 g/mol. The number of carbonyl (C=O) groups excluding carboxylic acids is 1. The summed E-state index contributed by atoms with van der Waals surface area (Å²) in [7, 11) is -1.90. The minimum Gasteiger partial charge on any atom is -0.497 e. The highest BCUT2D eigenvalue weighted by molar-refractivity contribution is 7.89. The lowest BCUT2D eigenvalue weighted by Gasteiger charge is -2.53. The largest absolute Gasteiger partial charge is 0.497 e. The molecule has 2 aliphatic rings. The van der Waals surface area contributed by atoms with Crippen LogP contribution in [0.15, 0.2) is 29.2 Å². The molecule has 7 heteroatoms.